The average molecular weight is 187 g/mol. The first-order valence-corrected chi connectivity index (χ1v) is 4.77. The minimum atomic E-state index is -0.532. The van der Waals surface area contributed by atoms with Gasteiger partial charge in [0.2, 0.25) is 0 Å². The van der Waals surface area contributed by atoms with Crippen molar-refractivity contribution in [1.29, 1.82) is 0 Å². The third-order valence-electron chi connectivity index (χ3n) is 2.68. The third-order valence-corrected chi connectivity index (χ3v) is 2.68. The highest BCUT2D eigenvalue weighted by Crippen LogP contribution is 2.26. The number of ether oxygens (including phenoxy) is 1. The quantitative estimate of drug-likeness (QED) is 0.681. The number of hydrogen-bond donors (Lipinski definition) is 1. The maximum atomic E-state index is 11.2. The predicted octanol–water partition coefficient (Wildman–Crippen LogP) is 1.70. The summed E-state index contributed by atoms with van der Waals surface area (Å²) in [4.78, 5) is 11.2. The van der Waals surface area contributed by atoms with E-state index >= 15 is 0 Å². The molecule has 2 atom stereocenters. The van der Waals surface area contributed by atoms with Crippen LogP contribution in [0.4, 0.5) is 0 Å². The highest BCUT2D eigenvalue weighted by Gasteiger charge is 2.27. The van der Waals surface area contributed by atoms with Crippen molar-refractivity contribution in [3.8, 4) is 0 Å². The van der Waals surface area contributed by atoms with E-state index in [-0.39, 0.29) is 17.5 Å². The van der Waals surface area contributed by atoms with Gasteiger partial charge in [-0.3, -0.25) is 4.79 Å². The Balaban J connectivity index is 4.15. The van der Waals surface area contributed by atoms with Gasteiger partial charge in [0.15, 0.2) is 0 Å². The lowest BCUT2D eigenvalue weighted by Crippen LogP contribution is -2.37. The van der Waals surface area contributed by atoms with Crippen LogP contribution in [-0.2, 0) is 9.53 Å². The van der Waals surface area contributed by atoms with Crippen LogP contribution in [0.5, 0.6) is 0 Å². The topological polar surface area (TPSA) is 52.3 Å². The molecule has 0 bridgehead atoms. The van der Waals surface area contributed by atoms with Crippen molar-refractivity contribution in [3.05, 3.63) is 0 Å². The fourth-order valence-electron chi connectivity index (χ4n) is 0.729. The molecule has 0 fully saturated rings. The largest absolute Gasteiger partial charge is 0.461 e. The van der Waals surface area contributed by atoms with E-state index in [9.17, 15) is 4.79 Å². The zero-order valence-electron chi connectivity index (χ0n) is 9.26. The Hall–Kier alpha value is -0.570. The van der Waals surface area contributed by atoms with Gasteiger partial charge in [0.1, 0.15) is 12.1 Å². The van der Waals surface area contributed by atoms with Gasteiger partial charge in [0, 0.05) is 5.41 Å². The van der Waals surface area contributed by atoms with Gasteiger partial charge in [-0.25, -0.2) is 0 Å². The first-order chi connectivity index (χ1) is 5.81. The summed E-state index contributed by atoms with van der Waals surface area (Å²) >= 11 is 0. The van der Waals surface area contributed by atoms with Crippen molar-refractivity contribution < 1.29 is 9.53 Å². The Morgan fingerprint density at radius 2 is 1.92 bits per heavy atom. The van der Waals surface area contributed by atoms with Crippen molar-refractivity contribution >= 4 is 5.97 Å². The van der Waals surface area contributed by atoms with Crippen LogP contribution >= 0.6 is 0 Å². The van der Waals surface area contributed by atoms with Crippen molar-refractivity contribution in [2.45, 2.75) is 53.2 Å². The highest BCUT2D eigenvalue weighted by molar-refractivity contribution is 5.75. The number of esters is 1. The van der Waals surface area contributed by atoms with Gasteiger partial charge in [0.05, 0.1) is 0 Å². The highest BCUT2D eigenvalue weighted by atomic mass is 16.5. The van der Waals surface area contributed by atoms with Gasteiger partial charge in [-0.05, 0) is 20.3 Å². The summed E-state index contributed by atoms with van der Waals surface area (Å²) in [6.45, 7) is 9.77. The molecule has 2 N–H and O–H groups in total. The number of carbonyl (C=O) groups is 1. The summed E-state index contributed by atoms with van der Waals surface area (Å²) in [7, 11) is 0. The van der Waals surface area contributed by atoms with E-state index in [0.29, 0.717) is 0 Å². The van der Waals surface area contributed by atoms with Gasteiger partial charge < -0.3 is 10.5 Å². The van der Waals surface area contributed by atoms with E-state index in [1.165, 1.54) is 0 Å². The summed E-state index contributed by atoms with van der Waals surface area (Å²) in [5.41, 5.74) is 5.41. The van der Waals surface area contributed by atoms with Crippen LogP contribution in [0, 0.1) is 5.41 Å². The van der Waals surface area contributed by atoms with E-state index in [4.69, 9.17) is 10.5 Å². The fourth-order valence-corrected chi connectivity index (χ4v) is 0.729. The second-order valence-corrected chi connectivity index (χ2v) is 4.21. The Bertz CT molecular complexity index is 176. The fraction of sp³-hybridized carbons (Fsp3) is 0.900. The summed E-state index contributed by atoms with van der Waals surface area (Å²) in [6.07, 6.45) is 0.886. The molecule has 0 radical (unpaired) electrons. The molecule has 3 nitrogen and oxygen atoms in total. The molecule has 0 spiro atoms. The van der Waals surface area contributed by atoms with Crippen LogP contribution in [0.2, 0.25) is 0 Å². The Labute approximate surface area is 80.6 Å². The van der Waals surface area contributed by atoms with E-state index in [1.807, 2.05) is 6.92 Å². The van der Waals surface area contributed by atoms with E-state index in [0.717, 1.165) is 6.42 Å². The molecule has 0 heterocycles. The van der Waals surface area contributed by atoms with Gasteiger partial charge in [-0.2, -0.15) is 0 Å². The molecule has 0 aliphatic heterocycles. The molecule has 0 aromatic carbocycles. The average Bonchev–Trinajstić information content (AvgIpc) is 2.04. The minimum Gasteiger partial charge on any atom is -0.461 e. The lowest BCUT2D eigenvalue weighted by atomic mass is 9.85. The van der Waals surface area contributed by atoms with Crippen LogP contribution in [0.25, 0.3) is 0 Å². The van der Waals surface area contributed by atoms with Gasteiger partial charge in [-0.1, -0.05) is 20.8 Å². The first kappa shape index (κ1) is 12.4. The number of hydrogen-bond acceptors (Lipinski definition) is 3. The molecule has 0 aromatic rings. The molecule has 3 heteroatoms. The Kier molecular flexibility index (Phi) is 4.40. The van der Waals surface area contributed by atoms with Crippen molar-refractivity contribution in [3.63, 3.8) is 0 Å². The van der Waals surface area contributed by atoms with E-state index in [1.54, 1.807) is 6.92 Å². The van der Waals surface area contributed by atoms with Gasteiger partial charge >= 0.3 is 5.97 Å². The van der Waals surface area contributed by atoms with Crippen molar-refractivity contribution in [2.75, 3.05) is 0 Å². The summed E-state index contributed by atoms with van der Waals surface area (Å²) in [5.74, 6) is -0.325. The first-order valence-electron chi connectivity index (χ1n) is 4.77. The van der Waals surface area contributed by atoms with Crippen LogP contribution in [0.15, 0.2) is 0 Å². The van der Waals surface area contributed by atoms with E-state index in [2.05, 4.69) is 20.8 Å². The lowest BCUT2D eigenvalue weighted by Gasteiger charge is -2.30. The molecule has 0 aliphatic carbocycles. The molecule has 0 aliphatic rings. The van der Waals surface area contributed by atoms with Crippen LogP contribution < -0.4 is 5.73 Å². The standard InChI is InChI=1S/C10H21NO2/c1-6-10(4,5)8(3)13-9(12)7(2)11/h7-8H,6,11H2,1-5H3. The molecular weight excluding hydrogens is 166 g/mol. The molecule has 2 unspecified atom stereocenters. The normalized spacial score (nSPS) is 16.5. The third kappa shape index (κ3) is 3.77. The maximum Gasteiger partial charge on any atom is 0.322 e. The van der Waals surface area contributed by atoms with Crippen LogP contribution in [0.1, 0.15) is 41.0 Å². The summed E-state index contributed by atoms with van der Waals surface area (Å²) < 4.78 is 5.20. The number of nitrogens with two attached hydrogens (primary N) is 1. The van der Waals surface area contributed by atoms with Crippen LogP contribution in [0.3, 0.4) is 0 Å². The Morgan fingerprint density at radius 3 is 2.23 bits per heavy atom. The Morgan fingerprint density at radius 1 is 1.46 bits per heavy atom. The zero-order chi connectivity index (χ0) is 10.6. The molecular formula is C10H21NO2. The van der Waals surface area contributed by atoms with Crippen LogP contribution in [-0.4, -0.2) is 18.1 Å². The molecule has 78 valence electrons. The number of carbonyl (C=O) groups excluding carboxylic acids is 1. The van der Waals surface area contributed by atoms with Gasteiger partial charge in [0.25, 0.3) is 0 Å². The molecule has 0 aromatic heterocycles. The SMILES string of the molecule is CCC(C)(C)C(C)OC(=O)C(C)N. The van der Waals surface area contributed by atoms with Gasteiger partial charge in [-0.15, -0.1) is 0 Å². The summed E-state index contributed by atoms with van der Waals surface area (Å²) in [5, 5.41) is 0. The lowest BCUT2D eigenvalue weighted by molar-refractivity contribution is -0.155. The molecule has 0 rings (SSSR count). The predicted molar refractivity (Wildman–Crippen MR) is 53.3 cm³/mol. The zero-order valence-corrected chi connectivity index (χ0v) is 9.26. The molecule has 0 saturated carbocycles. The maximum absolute atomic E-state index is 11.2. The molecule has 0 saturated heterocycles. The molecule has 0 amide bonds. The number of rotatable bonds is 4. The van der Waals surface area contributed by atoms with Crippen molar-refractivity contribution in [2.24, 2.45) is 11.1 Å². The second-order valence-electron chi connectivity index (χ2n) is 4.21. The van der Waals surface area contributed by atoms with E-state index < -0.39 is 6.04 Å². The second kappa shape index (κ2) is 4.61. The van der Waals surface area contributed by atoms with Crippen molar-refractivity contribution in [1.82, 2.24) is 0 Å². The minimum absolute atomic E-state index is 0.0184. The summed E-state index contributed by atoms with van der Waals surface area (Å²) in [6, 6.07) is -0.532. The smallest absolute Gasteiger partial charge is 0.322 e. The monoisotopic (exact) mass is 187 g/mol. The molecule has 13 heavy (non-hydrogen) atoms.